The molecule has 6 atom stereocenters. The van der Waals surface area contributed by atoms with Gasteiger partial charge in [0.2, 0.25) is 0 Å². The fraction of sp³-hybridized carbons (Fsp3) is 0.773. The molecule has 0 saturated carbocycles. The van der Waals surface area contributed by atoms with Gasteiger partial charge < -0.3 is 34.3 Å². The molecule has 13 heteroatoms. The highest BCUT2D eigenvalue weighted by Crippen LogP contribution is 2.24. The molecule has 0 aromatic rings. The Bertz CT molecular complexity index is 1250. The van der Waals surface area contributed by atoms with Gasteiger partial charge >= 0.3 is 11.9 Å². The van der Waals surface area contributed by atoms with Crippen LogP contribution in [0.15, 0.2) is 48.6 Å². The lowest BCUT2D eigenvalue weighted by molar-refractivity contribution is -0.297. The zero-order valence-corrected chi connectivity index (χ0v) is 35.7. The van der Waals surface area contributed by atoms with Crippen molar-refractivity contribution in [2.45, 2.75) is 198 Å². The average molecular weight is 829 g/mol. The zero-order valence-electron chi connectivity index (χ0n) is 34.9. The first-order valence-corrected chi connectivity index (χ1v) is 23.3. The van der Waals surface area contributed by atoms with Gasteiger partial charge in [0, 0.05) is 12.8 Å². The molecule has 1 aliphatic heterocycles. The lowest BCUT2D eigenvalue weighted by atomic mass is 10.00. The Kier molecular flexibility index (Phi) is 31.8. The monoisotopic (exact) mass is 829 g/mol. The first-order valence-electron chi connectivity index (χ1n) is 21.7. The predicted molar refractivity (Wildman–Crippen MR) is 224 cm³/mol. The fourth-order valence-electron chi connectivity index (χ4n) is 6.21. The van der Waals surface area contributed by atoms with Crippen molar-refractivity contribution in [2.75, 3.05) is 19.0 Å². The van der Waals surface area contributed by atoms with Gasteiger partial charge in [0.15, 0.2) is 12.4 Å². The van der Waals surface area contributed by atoms with E-state index in [0.717, 1.165) is 57.8 Å². The summed E-state index contributed by atoms with van der Waals surface area (Å²) in [5.74, 6) is -2.07. The number of carbonyl (C=O) groups excluding carboxylic acids is 2. The minimum atomic E-state index is -4.61. The molecule has 1 saturated heterocycles. The largest absolute Gasteiger partial charge is 0.462 e. The van der Waals surface area contributed by atoms with Crippen LogP contribution in [0, 0.1) is 0 Å². The zero-order chi connectivity index (χ0) is 42.0. The number of ether oxygens (including phenoxy) is 4. The van der Waals surface area contributed by atoms with E-state index in [4.69, 9.17) is 18.9 Å². The molecule has 330 valence electrons. The standard InChI is InChI=1S/C44H76O12S/c1-3-5-7-9-11-13-15-17-18-19-20-21-23-25-27-29-31-33-40(46)55-37(35-54-44-43(49)42(48)41(47)38(56-44)36-57(50,51)52)34-53-39(45)32-30-28-26-24-22-16-14-12-10-8-6-4-2/h12,14,17-18,20-21,25,27,37-38,41-44,47-49H,3-11,13,15-16,19,22-24,26,28-36H2,1-2H3,(H,50,51,52)/b14-12+,18-17+,21-20+,27-25+/t37-,38-,41-,42?,43?,44+/m1/s1. The van der Waals surface area contributed by atoms with Gasteiger partial charge in [-0.05, 0) is 70.6 Å². The first kappa shape index (κ1) is 52.6. The van der Waals surface area contributed by atoms with E-state index in [1.807, 2.05) is 12.2 Å². The number of rotatable bonds is 35. The molecular weight excluding hydrogens is 753 g/mol. The molecule has 4 N–H and O–H groups in total. The predicted octanol–water partition coefficient (Wildman–Crippen LogP) is 8.39. The molecule has 0 spiro atoms. The van der Waals surface area contributed by atoms with E-state index >= 15 is 0 Å². The summed E-state index contributed by atoms with van der Waals surface area (Å²) in [7, 11) is -4.61. The van der Waals surface area contributed by atoms with Crippen LogP contribution in [0.1, 0.15) is 162 Å². The molecule has 0 radical (unpaired) electrons. The van der Waals surface area contributed by atoms with Crippen LogP contribution in [0.3, 0.4) is 0 Å². The van der Waals surface area contributed by atoms with E-state index < -0.39 is 71.2 Å². The summed E-state index contributed by atoms with van der Waals surface area (Å²) in [6.07, 6.45) is 30.3. The summed E-state index contributed by atoms with van der Waals surface area (Å²) in [6, 6.07) is 0. The van der Waals surface area contributed by atoms with Crippen molar-refractivity contribution in [2.24, 2.45) is 0 Å². The van der Waals surface area contributed by atoms with E-state index in [1.54, 1.807) is 0 Å². The Morgan fingerprint density at radius 1 is 0.596 bits per heavy atom. The summed E-state index contributed by atoms with van der Waals surface area (Å²) in [5.41, 5.74) is 0. The molecule has 0 aromatic heterocycles. The van der Waals surface area contributed by atoms with Crippen LogP contribution in [0.5, 0.6) is 0 Å². The number of unbranched alkanes of at least 4 members (excludes halogenated alkanes) is 15. The van der Waals surface area contributed by atoms with Crippen LogP contribution >= 0.6 is 0 Å². The normalized spacial score (nSPS) is 21.0. The number of aliphatic hydroxyl groups is 3. The van der Waals surface area contributed by atoms with Gasteiger partial charge in [-0.15, -0.1) is 0 Å². The Hall–Kier alpha value is -2.39. The molecule has 0 amide bonds. The molecule has 1 fully saturated rings. The molecular formula is C44H76O12S. The van der Waals surface area contributed by atoms with Crippen LogP contribution in [-0.2, 0) is 38.7 Å². The quantitative estimate of drug-likeness (QED) is 0.0207. The second-order valence-corrected chi connectivity index (χ2v) is 16.5. The van der Waals surface area contributed by atoms with Crippen molar-refractivity contribution in [1.29, 1.82) is 0 Å². The van der Waals surface area contributed by atoms with Crippen LogP contribution in [0.2, 0.25) is 0 Å². The number of allylic oxidation sites excluding steroid dienone is 8. The lowest BCUT2D eigenvalue weighted by Crippen LogP contribution is -2.60. The number of hydrogen-bond acceptors (Lipinski definition) is 11. The maximum atomic E-state index is 12.8. The van der Waals surface area contributed by atoms with E-state index in [0.29, 0.717) is 19.3 Å². The second kappa shape index (κ2) is 34.5. The Labute approximate surface area is 343 Å². The number of esters is 2. The summed E-state index contributed by atoms with van der Waals surface area (Å²) in [5, 5.41) is 30.8. The molecule has 0 aliphatic carbocycles. The molecule has 0 aromatic carbocycles. The Morgan fingerprint density at radius 2 is 1.07 bits per heavy atom. The minimum Gasteiger partial charge on any atom is -0.462 e. The molecule has 57 heavy (non-hydrogen) atoms. The second-order valence-electron chi connectivity index (χ2n) is 15.0. The number of carbonyl (C=O) groups is 2. The average Bonchev–Trinajstić information content (AvgIpc) is 3.17. The summed E-state index contributed by atoms with van der Waals surface area (Å²) < 4.78 is 53.9. The van der Waals surface area contributed by atoms with Crippen molar-refractivity contribution in [1.82, 2.24) is 0 Å². The summed E-state index contributed by atoms with van der Waals surface area (Å²) in [6.45, 7) is 3.66. The third kappa shape index (κ3) is 29.5. The number of hydrogen-bond donors (Lipinski definition) is 4. The molecule has 0 bridgehead atoms. The maximum Gasteiger partial charge on any atom is 0.306 e. The van der Waals surface area contributed by atoms with Gasteiger partial charge in [-0.1, -0.05) is 127 Å². The van der Waals surface area contributed by atoms with Gasteiger partial charge in [0.05, 0.1) is 6.61 Å². The third-order valence-corrected chi connectivity index (χ3v) is 10.4. The molecule has 12 nitrogen and oxygen atoms in total. The van der Waals surface area contributed by atoms with Crippen molar-refractivity contribution in [3.05, 3.63) is 48.6 Å². The fourth-order valence-corrected chi connectivity index (χ4v) is 6.91. The summed E-state index contributed by atoms with van der Waals surface area (Å²) in [4.78, 5) is 25.3. The van der Waals surface area contributed by atoms with E-state index in [1.165, 1.54) is 57.8 Å². The SMILES string of the molecule is CCCCC/C=C/CCCCCCCC(=O)OC[C@H](CO[C@H]1O[C@H](CS(=O)(=O)O)[C@@H](O)C(O)C1O)OC(=O)CCC/C=C/C/C=C/C/C=C/CCCCCCCC. The van der Waals surface area contributed by atoms with Crippen molar-refractivity contribution >= 4 is 22.1 Å². The Balaban J connectivity index is 2.52. The minimum absolute atomic E-state index is 0.0898. The highest BCUT2D eigenvalue weighted by Gasteiger charge is 2.46. The van der Waals surface area contributed by atoms with Crippen LogP contribution in [0.25, 0.3) is 0 Å². The highest BCUT2D eigenvalue weighted by atomic mass is 32.2. The van der Waals surface area contributed by atoms with E-state index in [2.05, 4.69) is 50.3 Å². The third-order valence-electron chi connectivity index (χ3n) is 9.63. The van der Waals surface area contributed by atoms with Gasteiger partial charge in [-0.25, -0.2) is 0 Å². The molecule has 1 rings (SSSR count). The van der Waals surface area contributed by atoms with Crippen molar-refractivity contribution in [3.63, 3.8) is 0 Å². The topological polar surface area (TPSA) is 186 Å². The van der Waals surface area contributed by atoms with Crippen molar-refractivity contribution in [3.8, 4) is 0 Å². The van der Waals surface area contributed by atoms with E-state index in [-0.39, 0.29) is 19.4 Å². The van der Waals surface area contributed by atoms with Gasteiger partial charge in [-0.2, -0.15) is 8.42 Å². The van der Waals surface area contributed by atoms with E-state index in [9.17, 15) is 37.9 Å². The maximum absolute atomic E-state index is 12.8. The molecule has 1 heterocycles. The molecule has 2 unspecified atom stereocenters. The van der Waals surface area contributed by atoms with Gasteiger partial charge in [0.1, 0.15) is 36.8 Å². The number of aliphatic hydroxyl groups excluding tert-OH is 3. The highest BCUT2D eigenvalue weighted by molar-refractivity contribution is 7.85. The van der Waals surface area contributed by atoms with Gasteiger partial charge in [-0.3, -0.25) is 14.1 Å². The first-order chi connectivity index (χ1) is 27.5. The van der Waals surface area contributed by atoms with Crippen LogP contribution in [-0.4, -0.2) is 96.0 Å². The Morgan fingerprint density at radius 3 is 1.67 bits per heavy atom. The van der Waals surface area contributed by atoms with Gasteiger partial charge in [0.25, 0.3) is 10.1 Å². The smallest absolute Gasteiger partial charge is 0.306 e. The molecule has 1 aliphatic rings. The van der Waals surface area contributed by atoms with Crippen molar-refractivity contribution < 1.29 is 56.8 Å². The summed E-state index contributed by atoms with van der Waals surface area (Å²) >= 11 is 0. The van der Waals surface area contributed by atoms with Crippen LogP contribution in [0.4, 0.5) is 0 Å². The lowest BCUT2D eigenvalue weighted by Gasteiger charge is -2.40. The van der Waals surface area contributed by atoms with Crippen LogP contribution < -0.4 is 0 Å².